The van der Waals surface area contributed by atoms with Gasteiger partial charge in [-0.3, -0.25) is 9.69 Å². The number of methoxy groups -OCH3 is 1. The molecule has 0 saturated carbocycles. The van der Waals surface area contributed by atoms with Gasteiger partial charge in [0.1, 0.15) is 5.75 Å². The summed E-state index contributed by atoms with van der Waals surface area (Å²) in [6.07, 6.45) is 0.569. The first-order valence-electron chi connectivity index (χ1n) is 9.20. The second-order valence-electron chi connectivity index (χ2n) is 6.85. The lowest BCUT2D eigenvalue weighted by molar-refractivity contribution is -0.134. The highest BCUT2D eigenvalue weighted by atomic mass is 35.5. The average Bonchev–Trinajstić information content (AvgIpc) is 2.69. The standard InChI is InChI=1S/C21H26ClN3O2.2ClH/c1-27-20-8-7-18(22)14-17(20)15-24-9-11-25(12-10-24)21(26)19(23)13-16-5-3-2-4-6-16;;/h2-8,14,19H,9-13,15,23H2,1H3;2*1H. The van der Waals surface area contributed by atoms with Crippen molar-refractivity contribution < 1.29 is 9.53 Å². The minimum absolute atomic E-state index is 0. The van der Waals surface area contributed by atoms with Crippen molar-refractivity contribution >= 4 is 42.3 Å². The minimum atomic E-state index is -0.494. The maximum atomic E-state index is 12.7. The monoisotopic (exact) mass is 459 g/mol. The van der Waals surface area contributed by atoms with E-state index in [1.54, 1.807) is 7.11 Å². The van der Waals surface area contributed by atoms with Crippen LogP contribution in [-0.2, 0) is 17.8 Å². The Morgan fingerprint density at radius 3 is 2.38 bits per heavy atom. The Morgan fingerprint density at radius 1 is 1.10 bits per heavy atom. The second-order valence-corrected chi connectivity index (χ2v) is 7.29. The van der Waals surface area contributed by atoms with Gasteiger partial charge in [0.05, 0.1) is 13.2 Å². The summed E-state index contributed by atoms with van der Waals surface area (Å²) in [4.78, 5) is 16.8. The first kappa shape index (κ1) is 25.5. The number of hydrogen-bond acceptors (Lipinski definition) is 4. The molecule has 8 heteroatoms. The van der Waals surface area contributed by atoms with Gasteiger partial charge in [-0.1, -0.05) is 41.9 Å². The van der Waals surface area contributed by atoms with E-state index in [0.29, 0.717) is 24.5 Å². The SMILES string of the molecule is COc1ccc(Cl)cc1CN1CCN(C(=O)C(N)Cc2ccccc2)CC1.Cl.Cl. The molecule has 29 heavy (non-hydrogen) atoms. The molecule has 1 heterocycles. The summed E-state index contributed by atoms with van der Waals surface area (Å²) in [5, 5.41) is 0.700. The predicted molar refractivity (Wildman–Crippen MR) is 122 cm³/mol. The Morgan fingerprint density at radius 2 is 1.76 bits per heavy atom. The average molecular weight is 461 g/mol. The molecule has 1 aliphatic heterocycles. The van der Waals surface area contributed by atoms with Gasteiger partial charge < -0.3 is 15.4 Å². The zero-order valence-electron chi connectivity index (χ0n) is 16.4. The lowest BCUT2D eigenvalue weighted by Crippen LogP contribution is -2.53. The maximum absolute atomic E-state index is 12.7. The van der Waals surface area contributed by atoms with Crippen molar-refractivity contribution in [2.24, 2.45) is 5.73 Å². The van der Waals surface area contributed by atoms with E-state index in [9.17, 15) is 4.79 Å². The number of piperazine rings is 1. The zero-order valence-corrected chi connectivity index (χ0v) is 18.8. The zero-order chi connectivity index (χ0) is 19.2. The Kier molecular flexibility index (Phi) is 10.8. The smallest absolute Gasteiger partial charge is 0.239 e. The van der Waals surface area contributed by atoms with Crippen molar-refractivity contribution in [1.82, 2.24) is 9.80 Å². The molecule has 1 amide bonds. The number of rotatable bonds is 6. The summed E-state index contributed by atoms with van der Waals surface area (Å²) in [6.45, 7) is 3.73. The fraction of sp³-hybridized carbons (Fsp3) is 0.381. The Labute approximate surface area is 190 Å². The van der Waals surface area contributed by atoms with E-state index in [-0.39, 0.29) is 30.7 Å². The number of amides is 1. The fourth-order valence-electron chi connectivity index (χ4n) is 3.43. The predicted octanol–water partition coefficient (Wildman–Crippen LogP) is 3.41. The van der Waals surface area contributed by atoms with Crippen molar-refractivity contribution in [2.45, 2.75) is 19.0 Å². The molecule has 2 N–H and O–H groups in total. The van der Waals surface area contributed by atoms with Crippen LogP contribution in [0, 0.1) is 0 Å². The summed E-state index contributed by atoms with van der Waals surface area (Å²) in [6, 6.07) is 15.1. The molecule has 160 valence electrons. The van der Waals surface area contributed by atoms with Gasteiger partial charge in [0.25, 0.3) is 0 Å². The first-order valence-corrected chi connectivity index (χ1v) is 9.57. The van der Waals surface area contributed by atoms with Crippen LogP contribution in [0.5, 0.6) is 5.75 Å². The summed E-state index contributed by atoms with van der Waals surface area (Å²) < 4.78 is 5.42. The molecule has 2 aromatic rings. The molecule has 0 radical (unpaired) electrons. The normalized spacial score (nSPS) is 15.1. The molecule has 1 atom stereocenters. The van der Waals surface area contributed by atoms with Crippen molar-refractivity contribution in [3.63, 3.8) is 0 Å². The molecule has 0 aromatic heterocycles. The van der Waals surface area contributed by atoms with Crippen molar-refractivity contribution in [3.05, 3.63) is 64.7 Å². The van der Waals surface area contributed by atoms with Crippen LogP contribution in [0.1, 0.15) is 11.1 Å². The Bertz CT molecular complexity index is 769. The molecule has 1 unspecified atom stereocenters. The van der Waals surface area contributed by atoms with Gasteiger partial charge >= 0.3 is 0 Å². The van der Waals surface area contributed by atoms with Gasteiger partial charge in [-0.25, -0.2) is 0 Å². The molecule has 0 bridgehead atoms. The third-order valence-electron chi connectivity index (χ3n) is 4.94. The highest BCUT2D eigenvalue weighted by Crippen LogP contribution is 2.24. The second kappa shape index (κ2) is 12.3. The van der Waals surface area contributed by atoms with Gasteiger partial charge in [0.2, 0.25) is 5.91 Å². The number of carbonyl (C=O) groups excluding carboxylic acids is 1. The Hall–Kier alpha value is -1.50. The molecule has 3 rings (SSSR count). The van der Waals surface area contributed by atoms with Gasteiger partial charge in [-0.2, -0.15) is 0 Å². The third kappa shape index (κ3) is 7.05. The number of nitrogens with two attached hydrogens (primary N) is 1. The molecule has 1 saturated heterocycles. The third-order valence-corrected chi connectivity index (χ3v) is 5.17. The topological polar surface area (TPSA) is 58.8 Å². The van der Waals surface area contributed by atoms with Crippen LogP contribution in [0.2, 0.25) is 5.02 Å². The molecule has 1 aliphatic rings. The molecule has 5 nitrogen and oxygen atoms in total. The van der Waals surface area contributed by atoms with Gasteiger partial charge in [-0.05, 0) is 30.2 Å². The number of carbonyl (C=O) groups is 1. The van der Waals surface area contributed by atoms with Crippen molar-refractivity contribution in [3.8, 4) is 5.75 Å². The van der Waals surface area contributed by atoms with E-state index >= 15 is 0 Å². The maximum Gasteiger partial charge on any atom is 0.239 e. The summed E-state index contributed by atoms with van der Waals surface area (Å²) >= 11 is 6.12. The van der Waals surface area contributed by atoms with Crippen molar-refractivity contribution in [2.75, 3.05) is 33.3 Å². The molecule has 0 spiro atoms. The first-order chi connectivity index (χ1) is 13.1. The molecule has 0 aliphatic carbocycles. The van der Waals surface area contributed by atoms with Crippen LogP contribution in [0.4, 0.5) is 0 Å². The molecule has 1 fully saturated rings. The largest absolute Gasteiger partial charge is 0.496 e. The highest BCUT2D eigenvalue weighted by Gasteiger charge is 2.25. The van der Waals surface area contributed by atoms with Gasteiger partial charge in [0, 0.05) is 43.3 Å². The van der Waals surface area contributed by atoms with Crippen LogP contribution < -0.4 is 10.5 Å². The van der Waals surface area contributed by atoms with E-state index in [0.717, 1.165) is 36.5 Å². The molecule has 2 aromatic carbocycles. The molecular weight excluding hydrogens is 433 g/mol. The highest BCUT2D eigenvalue weighted by molar-refractivity contribution is 6.30. The number of nitrogens with zero attached hydrogens (tertiary/aromatic N) is 2. The summed E-state index contributed by atoms with van der Waals surface area (Å²) in [5.74, 6) is 0.863. The number of ether oxygens (including phenoxy) is 1. The number of hydrogen-bond donors (Lipinski definition) is 1. The number of halogens is 3. The van der Waals surface area contributed by atoms with E-state index in [2.05, 4.69) is 4.90 Å². The van der Waals surface area contributed by atoms with Crippen LogP contribution >= 0.6 is 36.4 Å². The van der Waals surface area contributed by atoms with Gasteiger partial charge in [-0.15, -0.1) is 24.8 Å². The van der Waals surface area contributed by atoms with Crippen LogP contribution in [0.15, 0.2) is 48.5 Å². The van der Waals surface area contributed by atoms with Crippen LogP contribution in [0.3, 0.4) is 0 Å². The summed E-state index contributed by atoms with van der Waals surface area (Å²) in [5.41, 5.74) is 8.31. The number of benzene rings is 2. The van der Waals surface area contributed by atoms with E-state index < -0.39 is 6.04 Å². The quantitative estimate of drug-likeness (QED) is 0.718. The Balaban J connectivity index is 0.00000210. The van der Waals surface area contributed by atoms with E-state index in [4.69, 9.17) is 22.1 Å². The minimum Gasteiger partial charge on any atom is -0.496 e. The van der Waals surface area contributed by atoms with Gasteiger partial charge in [0.15, 0.2) is 0 Å². The van der Waals surface area contributed by atoms with E-state index in [1.165, 1.54) is 0 Å². The lowest BCUT2D eigenvalue weighted by Gasteiger charge is -2.36. The van der Waals surface area contributed by atoms with E-state index in [1.807, 2.05) is 53.4 Å². The van der Waals surface area contributed by atoms with Crippen molar-refractivity contribution in [1.29, 1.82) is 0 Å². The molecular formula is C21H28Cl3N3O2. The fourth-order valence-corrected chi connectivity index (χ4v) is 3.62. The van der Waals surface area contributed by atoms with Crippen LogP contribution in [-0.4, -0.2) is 55.0 Å². The summed E-state index contributed by atoms with van der Waals surface area (Å²) in [7, 11) is 1.66. The lowest BCUT2D eigenvalue weighted by atomic mass is 10.1. The van der Waals surface area contributed by atoms with Crippen LogP contribution in [0.25, 0.3) is 0 Å².